The summed E-state index contributed by atoms with van der Waals surface area (Å²) in [6.07, 6.45) is 1.42. The molecule has 20 heavy (non-hydrogen) atoms. The molecule has 0 bridgehead atoms. The quantitative estimate of drug-likeness (QED) is 0.799. The van der Waals surface area contributed by atoms with Crippen LogP contribution in [0.3, 0.4) is 0 Å². The fourth-order valence-corrected chi connectivity index (χ4v) is 2.22. The fraction of sp³-hybridized carbons (Fsp3) is 0.286. The third-order valence-electron chi connectivity index (χ3n) is 2.92. The maximum absolute atomic E-state index is 9.27. The van der Waals surface area contributed by atoms with Gasteiger partial charge in [0.25, 0.3) is 0 Å². The summed E-state index contributed by atoms with van der Waals surface area (Å²) in [5.74, 6) is 0.686. The summed E-state index contributed by atoms with van der Waals surface area (Å²) >= 11 is 6.07. The van der Waals surface area contributed by atoms with Gasteiger partial charge in [0.15, 0.2) is 11.0 Å². The van der Waals surface area contributed by atoms with E-state index in [-0.39, 0.29) is 6.61 Å². The van der Waals surface area contributed by atoms with Crippen LogP contribution >= 0.6 is 11.6 Å². The SMILES string of the molecule is CNc1c(Cl)ncnc1N(CCO)Cc1ccccc1. The lowest BCUT2D eigenvalue weighted by molar-refractivity contribution is 0.301. The molecule has 0 unspecified atom stereocenters. The van der Waals surface area contributed by atoms with E-state index in [0.29, 0.717) is 29.7 Å². The first-order valence-electron chi connectivity index (χ1n) is 6.34. The Labute approximate surface area is 123 Å². The molecule has 0 aliphatic rings. The van der Waals surface area contributed by atoms with Gasteiger partial charge >= 0.3 is 0 Å². The van der Waals surface area contributed by atoms with Gasteiger partial charge in [-0.2, -0.15) is 0 Å². The molecule has 1 heterocycles. The Balaban J connectivity index is 2.31. The average molecular weight is 293 g/mol. The number of aliphatic hydroxyl groups excluding tert-OH is 1. The molecule has 0 aliphatic carbocycles. The van der Waals surface area contributed by atoms with Crippen molar-refractivity contribution in [1.82, 2.24) is 9.97 Å². The van der Waals surface area contributed by atoms with Gasteiger partial charge in [-0.15, -0.1) is 0 Å². The standard InChI is InChI=1S/C14H17ClN4O/c1-16-12-13(15)17-10-18-14(12)19(7-8-20)9-11-5-3-2-4-6-11/h2-6,10,16,20H,7-9H2,1H3. The third-order valence-corrected chi connectivity index (χ3v) is 3.20. The van der Waals surface area contributed by atoms with Gasteiger partial charge in [0, 0.05) is 20.1 Å². The number of hydrogen-bond acceptors (Lipinski definition) is 5. The molecule has 0 aliphatic heterocycles. The van der Waals surface area contributed by atoms with Gasteiger partial charge in [0.2, 0.25) is 0 Å². The second-order valence-corrected chi connectivity index (χ2v) is 4.60. The molecule has 6 heteroatoms. The Hall–Kier alpha value is -1.85. The van der Waals surface area contributed by atoms with Gasteiger partial charge in [-0.3, -0.25) is 0 Å². The lowest BCUT2D eigenvalue weighted by Crippen LogP contribution is -2.28. The predicted octanol–water partition coefficient (Wildman–Crippen LogP) is 2.17. The molecule has 0 saturated heterocycles. The number of anilines is 2. The zero-order chi connectivity index (χ0) is 14.4. The van der Waals surface area contributed by atoms with Crippen LogP contribution in [0.5, 0.6) is 0 Å². The fourth-order valence-electron chi connectivity index (χ4n) is 1.99. The largest absolute Gasteiger partial charge is 0.395 e. The van der Waals surface area contributed by atoms with Crippen LogP contribution in [-0.4, -0.2) is 35.3 Å². The zero-order valence-electron chi connectivity index (χ0n) is 11.3. The highest BCUT2D eigenvalue weighted by atomic mass is 35.5. The van der Waals surface area contributed by atoms with E-state index in [0.717, 1.165) is 5.56 Å². The number of aromatic nitrogens is 2. The first kappa shape index (κ1) is 14.6. The molecule has 0 atom stereocenters. The second kappa shape index (κ2) is 7.07. The average Bonchev–Trinajstić information content (AvgIpc) is 2.47. The van der Waals surface area contributed by atoms with E-state index in [1.54, 1.807) is 7.05 Å². The molecule has 5 nitrogen and oxygen atoms in total. The van der Waals surface area contributed by atoms with Crippen molar-refractivity contribution < 1.29 is 5.11 Å². The number of halogens is 1. The van der Waals surface area contributed by atoms with E-state index in [1.165, 1.54) is 6.33 Å². The van der Waals surface area contributed by atoms with E-state index in [9.17, 15) is 5.11 Å². The molecular weight excluding hydrogens is 276 g/mol. The third kappa shape index (κ3) is 3.37. The summed E-state index contributed by atoms with van der Waals surface area (Å²) in [4.78, 5) is 10.2. The van der Waals surface area contributed by atoms with Gasteiger partial charge in [-0.1, -0.05) is 41.9 Å². The lowest BCUT2D eigenvalue weighted by atomic mass is 10.2. The first-order chi connectivity index (χ1) is 9.76. The minimum Gasteiger partial charge on any atom is -0.395 e. The van der Waals surface area contributed by atoms with Crippen molar-refractivity contribution in [3.8, 4) is 0 Å². The van der Waals surface area contributed by atoms with E-state index in [1.807, 2.05) is 35.2 Å². The van der Waals surface area contributed by atoms with Crippen LogP contribution in [0.1, 0.15) is 5.56 Å². The van der Waals surface area contributed by atoms with Crippen LogP contribution < -0.4 is 10.2 Å². The van der Waals surface area contributed by atoms with Gasteiger partial charge in [0.05, 0.1) is 6.61 Å². The maximum atomic E-state index is 9.27. The Morgan fingerprint density at radius 1 is 1.25 bits per heavy atom. The zero-order valence-corrected chi connectivity index (χ0v) is 12.0. The highest BCUT2D eigenvalue weighted by molar-refractivity contribution is 6.32. The lowest BCUT2D eigenvalue weighted by Gasteiger charge is -2.25. The summed E-state index contributed by atoms with van der Waals surface area (Å²) in [5, 5.41) is 12.6. The Bertz CT molecular complexity index is 550. The van der Waals surface area contributed by atoms with E-state index >= 15 is 0 Å². The van der Waals surface area contributed by atoms with Gasteiger partial charge in [-0.25, -0.2) is 9.97 Å². The molecule has 2 aromatic rings. The van der Waals surface area contributed by atoms with Crippen molar-refractivity contribution in [3.05, 3.63) is 47.4 Å². The molecule has 0 fully saturated rings. The highest BCUT2D eigenvalue weighted by Gasteiger charge is 2.15. The van der Waals surface area contributed by atoms with Crippen molar-refractivity contribution in [1.29, 1.82) is 0 Å². The minimum absolute atomic E-state index is 0.0393. The Morgan fingerprint density at radius 3 is 2.65 bits per heavy atom. The first-order valence-corrected chi connectivity index (χ1v) is 6.72. The summed E-state index contributed by atoms with van der Waals surface area (Å²) < 4.78 is 0. The molecule has 0 saturated carbocycles. The number of rotatable bonds is 6. The summed E-state index contributed by atoms with van der Waals surface area (Å²) in [6, 6.07) is 10.0. The van der Waals surface area contributed by atoms with Crippen molar-refractivity contribution >= 4 is 23.1 Å². The number of nitrogens with zero attached hydrogens (tertiary/aromatic N) is 3. The maximum Gasteiger partial charge on any atom is 0.157 e. The van der Waals surface area contributed by atoms with Crippen LogP contribution in [0.15, 0.2) is 36.7 Å². The Kier molecular flexibility index (Phi) is 5.15. The molecule has 0 amide bonds. The monoisotopic (exact) mass is 292 g/mol. The predicted molar refractivity (Wildman–Crippen MR) is 81.2 cm³/mol. The van der Waals surface area contributed by atoms with E-state index in [4.69, 9.17) is 11.6 Å². The van der Waals surface area contributed by atoms with E-state index < -0.39 is 0 Å². The Morgan fingerprint density at radius 2 is 2.00 bits per heavy atom. The molecule has 2 N–H and O–H groups in total. The summed E-state index contributed by atoms with van der Waals surface area (Å²) in [5.41, 5.74) is 1.80. The minimum atomic E-state index is 0.0393. The van der Waals surface area contributed by atoms with Crippen molar-refractivity contribution in [2.75, 3.05) is 30.4 Å². The van der Waals surface area contributed by atoms with Crippen molar-refractivity contribution in [3.63, 3.8) is 0 Å². The van der Waals surface area contributed by atoms with Crippen LogP contribution in [0.2, 0.25) is 5.15 Å². The normalized spacial score (nSPS) is 10.3. The number of benzene rings is 1. The second-order valence-electron chi connectivity index (χ2n) is 4.24. The van der Waals surface area contributed by atoms with Gasteiger partial charge < -0.3 is 15.3 Å². The summed E-state index contributed by atoms with van der Waals surface area (Å²) in [7, 11) is 1.77. The smallest absolute Gasteiger partial charge is 0.157 e. The van der Waals surface area contributed by atoms with E-state index in [2.05, 4.69) is 15.3 Å². The molecule has 0 radical (unpaired) electrons. The van der Waals surface area contributed by atoms with Crippen LogP contribution in [-0.2, 0) is 6.54 Å². The molecule has 1 aromatic heterocycles. The molecule has 0 spiro atoms. The topological polar surface area (TPSA) is 61.3 Å². The van der Waals surface area contributed by atoms with Crippen LogP contribution in [0, 0.1) is 0 Å². The molecule has 1 aromatic carbocycles. The van der Waals surface area contributed by atoms with Crippen molar-refractivity contribution in [2.45, 2.75) is 6.54 Å². The summed E-state index contributed by atoms with van der Waals surface area (Å²) in [6.45, 7) is 1.15. The van der Waals surface area contributed by atoms with Gasteiger partial charge in [-0.05, 0) is 5.56 Å². The number of aliphatic hydroxyl groups is 1. The van der Waals surface area contributed by atoms with Crippen LogP contribution in [0.25, 0.3) is 0 Å². The molecule has 2 rings (SSSR count). The van der Waals surface area contributed by atoms with Crippen LogP contribution in [0.4, 0.5) is 11.5 Å². The highest BCUT2D eigenvalue weighted by Crippen LogP contribution is 2.29. The van der Waals surface area contributed by atoms with Crippen molar-refractivity contribution in [2.24, 2.45) is 0 Å². The van der Waals surface area contributed by atoms with Gasteiger partial charge in [0.1, 0.15) is 12.0 Å². The molecule has 106 valence electrons. The number of hydrogen-bond donors (Lipinski definition) is 2. The molecular formula is C14H17ClN4O. The number of nitrogens with one attached hydrogen (secondary N) is 1.